The number of piperidine rings is 1. The van der Waals surface area contributed by atoms with Gasteiger partial charge in [-0.2, -0.15) is 0 Å². The summed E-state index contributed by atoms with van der Waals surface area (Å²) >= 11 is 5.66. The maximum atomic E-state index is 13.5. The van der Waals surface area contributed by atoms with Crippen LogP contribution in [0.15, 0.2) is 18.2 Å². The minimum atomic E-state index is -0.507. The lowest BCUT2D eigenvalue weighted by Gasteiger charge is -2.30. The fourth-order valence-corrected chi connectivity index (χ4v) is 2.57. The van der Waals surface area contributed by atoms with Gasteiger partial charge in [-0.05, 0) is 43.5 Å². The number of rotatable bonds is 3. The molecule has 1 unspecified atom stereocenters. The van der Waals surface area contributed by atoms with Crippen LogP contribution in [0.5, 0.6) is 0 Å². The topological polar surface area (TPSA) is 32.3 Å². The van der Waals surface area contributed by atoms with Crippen molar-refractivity contribution in [1.82, 2.24) is 4.90 Å². The van der Waals surface area contributed by atoms with E-state index in [0.29, 0.717) is 17.5 Å². The molecule has 3 nitrogen and oxygen atoms in total. The van der Waals surface area contributed by atoms with Crippen molar-refractivity contribution in [2.45, 2.75) is 19.8 Å². The zero-order valence-electron chi connectivity index (χ0n) is 11.0. The number of nitrogens with zero attached hydrogens (tertiary/aromatic N) is 1. The Bertz CT molecular complexity index is 467. The number of anilines is 1. The lowest BCUT2D eigenvalue weighted by molar-refractivity contribution is -0.117. The zero-order valence-corrected chi connectivity index (χ0v) is 11.7. The number of likely N-dealkylation sites (tertiary alicyclic amines) is 1. The molecule has 0 aliphatic carbocycles. The summed E-state index contributed by atoms with van der Waals surface area (Å²) in [6, 6.07) is 4.23. The van der Waals surface area contributed by atoms with Crippen LogP contribution in [-0.2, 0) is 4.79 Å². The molecule has 5 heteroatoms. The van der Waals surface area contributed by atoms with Gasteiger partial charge in [0.05, 0.1) is 12.2 Å². The van der Waals surface area contributed by atoms with Crippen LogP contribution < -0.4 is 5.32 Å². The normalized spacial score (nSPS) is 20.3. The highest BCUT2D eigenvalue weighted by molar-refractivity contribution is 6.30. The molecule has 2 rings (SSSR count). The second kappa shape index (κ2) is 6.35. The van der Waals surface area contributed by atoms with Crippen LogP contribution in [0.3, 0.4) is 0 Å². The number of hydrogen-bond acceptors (Lipinski definition) is 2. The standard InChI is InChI=1S/C14H18ClFN2O/c1-10-3-2-6-18(8-10)9-14(19)17-13-5-4-11(15)7-12(13)16/h4-5,7,10H,2-3,6,8-9H2,1H3,(H,17,19). The molecule has 1 N–H and O–H groups in total. The molecule has 1 aliphatic heterocycles. The van der Waals surface area contributed by atoms with E-state index in [2.05, 4.69) is 17.1 Å². The Morgan fingerprint density at radius 2 is 2.37 bits per heavy atom. The summed E-state index contributed by atoms with van der Waals surface area (Å²) in [6.07, 6.45) is 2.33. The summed E-state index contributed by atoms with van der Waals surface area (Å²) in [5.41, 5.74) is 0.180. The minimum Gasteiger partial charge on any atom is -0.322 e. The fourth-order valence-electron chi connectivity index (χ4n) is 2.41. The molecule has 1 saturated heterocycles. The van der Waals surface area contributed by atoms with Crippen molar-refractivity contribution in [2.24, 2.45) is 5.92 Å². The predicted molar refractivity (Wildman–Crippen MR) is 74.9 cm³/mol. The van der Waals surface area contributed by atoms with Crippen LogP contribution in [0, 0.1) is 11.7 Å². The number of amides is 1. The van der Waals surface area contributed by atoms with Gasteiger partial charge in [-0.15, -0.1) is 0 Å². The van der Waals surface area contributed by atoms with E-state index in [1.165, 1.54) is 18.6 Å². The van der Waals surface area contributed by atoms with E-state index in [1.807, 2.05) is 0 Å². The van der Waals surface area contributed by atoms with Gasteiger partial charge in [0.1, 0.15) is 5.82 Å². The second-order valence-electron chi connectivity index (χ2n) is 5.15. The Kier molecular flexibility index (Phi) is 4.77. The summed E-state index contributed by atoms with van der Waals surface area (Å²) in [5.74, 6) is -0.0722. The van der Waals surface area contributed by atoms with Crippen LogP contribution in [0.25, 0.3) is 0 Å². The third-order valence-electron chi connectivity index (χ3n) is 3.31. The Morgan fingerprint density at radius 3 is 3.05 bits per heavy atom. The Morgan fingerprint density at radius 1 is 1.58 bits per heavy atom. The van der Waals surface area contributed by atoms with Crippen molar-refractivity contribution >= 4 is 23.2 Å². The molecule has 0 spiro atoms. The molecule has 0 radical (unpaired) electrons. The van der Waals surface area contributed by atoms with E-state index >= 15 is 0 Å². The summed E-state index contributed by atoms with van der Waals surface area (Å²) < 4.78 is 13.5. The lowest BCUT2D eigenvalue weighted by Crippen LogP contribution is -2.39. The Hall–Kier alpha value is -1.13. The predicted octanol–water partition coefficient (Wildman–Crippen LogP) is 3.15. The monoisotopic (exact) mass is 284 g/mol. The first-order valence-electron chi connectivity index (χ1n) is 6.52. The van der Waals surface area contributed by atoms with Gasteiger partial charge in [-0.25, -0.2) is 4.39 Å². The van der Waals surface area contributed by atoms with Crippen LogP contribution >= 0.6 is 11.6 Å². The quantitative estimate of drug-likeness (QED) is 0.925. The SMILES string of the molecule is CC1CCCN(CC(=O)Nc2ccc(Cl)cc2F)C1. The molecule has 1 heterocycles. The van der Waals surface area contributed by atoms with Crippen LogP contribution in [0.2, 0.25) is 5.02 Å². The Balaban J connectivity index is 1.90. The first-order valence-corrected chi connectivity index (χ1v) is 6.89. The van der Waals surface area contributed by atoms with Crippen molar-refractivity contribution < 1.29 is 9.18 Å². The highest BCUT2D eigenvalue weighted by Gasteiger charge is 2.18. The van der Waals surface area contributed by atoms with E-state index in [0.717, 1.165) is 19.5 Å². The number of benzene rings is 1. The molecule has 104 valence electrons. The molecular weight excluding hydrogens is 267 g/mol. The van der Waals surface area contributed by atoms with Gasteiger partial charge in [0, 0.05) is 11.6 Å². The number of hydrogen-bond donors (Lipinski definition) is 1. The maximum absolute atomic E-state index is 13.5. The smallest absolute Gasteiger partial charge is 0.238 e. The van der Waals surface area contributed by atoms with Gasteiger partial charge in [0.15, 0.2) is 0 Å². The second-order valence-corrected chi connectivity index (χ2v) is 5.59. The number of nitrogens with one attached hydrogen (secondary N) is 1. The molecule has 1 atom stereocenters. The van der Waals surface area contributed by atoms with Gasteiger partial charge in [-0.1, -0.05) is 18.5 Å². The molecule has 1 aliphatic rings. The highest BCUT2D eigenvalue weighted by Crippen LogP contribution is 2.19. The molecule has 0 aromatic heterocycles. The molecule has 1 fully saturated rings. The third kappa shape index (κ3) is 4.18. The van der Waals surface area contributed by atoms with Crippen LogP contribution in [0.4, 0.5) is 10.1 Å². The molecule has 0 bridgehead atoms. The first-order chi connectivity index (χ1) is 9.04. The summed E-state index contributed by atoms with van der Waals surface area (Å²) in [7, 11) is 0. The minimum absolute atomic E-state index is 0.180. The van der Waals surface area contributed by atoms with Gasteiger partial charge in [-0.3, -0.25) is 9.69 Å². The van der Waals surface area contributed by atoms with Crippen molar-refractivity contribution in [3.8, 4) is 0 Å². The molecule has 19 heavy (non-hydrogen) atoms. The molecule has 1 aromatic rings. The summed E-state index contributed by atoms with van der Waals surface area (Å²) in [5, 5.41) is 2.91. The van der Waals surface area contributed by atoms with E-state index < -0.39 is 5.82 Å². The number of carbonyl (C=O) groups is 1. The number of halogens is 2. The molecule has 0 saturated carbocycles. The lowest BCUT2D eigenvalue weighted by atomic mass is 10.0. The van der Waals surface area contributed by atoms with Crippen LogP contribution in [-0.4, -0.2) is 30.4 Å². The van der Waals surface area contributed by atoms with E-state index in [4.69, 9.17) is 11.6 Å². The molecular formula is C14H18ClFN2O. The van der Waals surface area contributed by atoms with Crippen molar-refractivity contribution in [3.63, 3.8) is 0 Å². The average Bonchev–Trinajstić information content (AvgIpc) is 2.33. The van der Waals surface area contributed by atoms with E-state index in [-0.39, 0.29) is 11.6 Å². The number of carbonyl (C=O) groups excluding carboxylic acids is 1. The van der Waals surface area contributed by atoms with E-state index in [9.17, 15) is 9.18 Å². The summed E-state index contributed by atoms with van der Waals surface area (Å²) in [4.78, 5) is 14.0. The van der Waals surface area contributed by atoms with Gasteiger partial charge < -0.3 is 5.32 Å². The zero-order chi connectivity index (χ0) is 13.8. The first kappa shape index (κ1) is 14.3. The maximum Gasteiger partial charge on any atom is 0.238 e. The van der Waals surface area contributed by atoms with Gasteiger partial charge in [0.2, 0.25) is 5.91 Å². The van der Waals surface area contributed by atoms with E-state index in [1.54, 1.807) is 6.07 Å². The van der Waals surface area contributed by atoms with Crippen molar-refractivity contribution in [1.29, 1.82) is 0 Å². The highest BCUT2D eigenvalue weighted by atomic mass is 35.5. The van der Waals surface area contributed by atoms with Crippen molar-refractivity contribution in [2.75, 3.05) is 25.0 Å². The molecule has 1 aromatic carbocycles. The fraction of sp³-hybridized carbons (Fsp3) is 0.500. The average molecular weight is 285 g/mol. The van der Waals surface area contributed by atoms with Crippen LogP contribution in [0.1, 0.15) is 19.8 Å². The summed E-state index contributed by atoms with van der Waals surface area (Å²) in [6.45, 7) is 4.35. The van der Waals surface area contributed by atoms with Gasteiger partial charge in [0.25, 0.3) is 0 Å². The third-order valence-corrected chi connectivity index (χ3v) is 3.55. The largest absolute Gasteiger partial charge is 0.322 e. The Labute approximate surface area is 117 Å². The molecule has 1 amide bonds. The van der Waals surface area contributed by atoms with Crippen molar-refractivity contribution in [3.05, 3.63) is 29.0 Å². The van der Waals surface area contributed by atoms with Gasteiger partial charge >= 0.3 is 0 Å².